The van der Waals surface area contributed by atoms with Crippen molar-refractivity contribution in [1.82, 2.24) is 5.32 Å². The molecule has 0 atom stereocenters. The summed E-state index contributed by atoms with van der Waals surface area (Å²) in [4.78, 5) is 15.1. The van der Waals surface area contributed by atoms with Gasteiger partial charge < -0.3 is 15.0 Å². The summed E-state index contributed by atoms with van der Waals surface area (Å²) in [5, 5.41) is 3.36. The van der Waals surface area contributed by atoms with Gasteiger partial charge in [0.25, 0.3) is 5.91 Å². The molecule has 4 heteroatoms. The van der Waals surface area contributed by atoms with E-state index in [1.807, 2.05) is 53.4 Å². The van der Waals surface area contributed by atoms with Crippen LogP contribution < -0.4 is 15.0 Å². The molecular weight excluding hydrogens is 276 g/mol. The lowest BCUT2D eigenvalue weighted by Gasteiger charge is -2.34. The molecule has 2 aromatic carbocycles. The van der Waals surface area contributed by atoms with Crippen molar-refractivity contribution in [1.29, 1.82) is 0 Å². The highest BCUT2D eigenvalue weighted by Crippen LogP contribution is 2.40. The summed E-state index contributed by atoms with van der Waals surface area (Å²) in [5.74, 6) is 1.42. The number of rotatable bonds is 1. The van der Waals surface area contributed by atoms with Gasteiger partial charge in [-0.15, -0.1) is 0 Å². The summed E-state index contributed by atoms with van der Waals surface area (Å²) in [7, 11) is 0. The Morgan fingerprint density at radius 3 is 2.45 bits per heavy atom. The molecule has 2 aliphatic rings. The zero-order chi connectivity index (χ0) is 14.9. The third-order valence-electron chi connectivity index (χ3n) is 4.35. The van der Waals surface area contributed by atoms with E-state index in [4.69, 9.17) is 4.74 Å². The van der Waals surface area contributed by atoms with Crippen LogP contribution in [0.25, 0.3) is 0 Å². The molecule has 0 aliphatic carbocycles. The number of para-hydroxylation sites is 3. The molecule has 22 heavy (non-hydrogen) atoms. The van der Waals surface area contributed by atoms with Crippen LogP contribution >= 0.6 is 0 Å². The number of fused-ring (bicyclic) bond motifs is 2. The Bertz CT molecular complexity index is 708. The van der Waals surface area contributed by atoms with Crippen LogP contribution in [0.3, 0.4) is 0 Å². The monoisotopic (exact) mass is 294 g/mol. The Hall–Kier alpha value is -2.33. The van der Waals surface area contributed by atoms with Crippen molar-refractivity contribution >= 4 is 11.6 Å². The fourth-order valence-electron chi connectivity index (χ4n) is 3.26. The highest BCUT2D eigenvalue weighted by atomic mass is 16.5. The van der Waals surface area contributed by atoms with Gasteiger partial charge in [-0.25, -0.2) is 0 Å². The van der Waals surface area contributed by atoms with E-state index in [1.165, 1.54) is 0 Å². The standard InChI is InChI=1S/C18H18N2O2/c21-18-14-5-1-3-7-16(14)22-17-8-4-2-6-15(17)20(18)13-9-11-19-12-10-13/h1-8,13,19H,9-12H2. The van der Waals surface area contributed by atoms with Gasteiger partial charge in [0.15, 0.2) is 5.75 Å². The molecular formula is C18H18N2O2. The van der Waals surface area contributed by atoms with Crippen molar-refractivity contribution in [3.8, 4) is 11.5 Å². The Balaban J connectivity index is 1.86. The lowest BCUT2D eigenvalue weighted by Crippen LogP contribution is -2.46. The van der Waals surface area contributed by atoms with E-state index in [0.717, 1.165) is 37.4 Å². The van der Waals surface area contributed by atoms with Crippen LogP contribution in [0.5, 0.6) is 11.5 Å². The number of piperidine rings is 1. The highest BCUT2D eigenvalue weighted by Gasteiger charge is 2.33. The molecule has 0 unspecified atom stereocenters. The second kappa shape index (κ2) is 5.46. The number of hydrogen-bond acceptors (Lipinski definition) is 3. The zero-order valence-corrected chi connectivity index (χ0v) is 12.3. The van der Waals surface area contributed by atoms with Crippen LogP contribution in [-0.4, -0.2) is 25.0 Å². The molecule has 0 bridgehead atoms. The molecule has 2 aliphatic heterocycles. The maximum atomic E-state index is 13.1. The maximum Gasteiger partial charge on any atom is 0.262 e. The molecule has 1 fully saturated rings. The summed E-state index contributed by atoms with van der Waals surface area (Å²) in [5.41, 5.74) is 1.51. The average molecular weight is 294 g/mol. The topological polar surface area (TPSA) is 41.6 Å². The molecule has 2 aromatic rings. The van der Waals surface area contributed by atoms with Crippen LogP contribution in [0.4, 0.5) is 5.69 Å². The molecule has 0 saturated carbocycles. The first kappa shape index (κ1) is 13.3. The summed E-state index contributed by atoms with van der Waals surface area (Å²) in [6.45, 7) is 1.89. The van der Waals surface area contributed by atoms with Gasteiger partial charge in [0.1, 0.15) is 5.75 Å². The Morgan fingerprint density at radius 2 is 1.64 bits per heavy atom. The predicted octanol–water partition coefficient (Wildman–Crippen LogP) is 3.19. The Labute approximate surface area is 129 Å². The molecule has 4 nitrogen and oxygen atoms in total. The zero-order valence-electron chi connectivity index (χ0n) is 12.3. The molecule has 1 saturated heterocycles. The molecule has 1 amide bonds. The molecule has 1 N–H and O–H groups in total. The van der Waals surface area contributed by atoms with Crippen molar-refractivity contribution in [2.24, 2.45) is 0 Å². The van der Waals surface area contributed by atoms with Gasteiger partial charge in [0, 0.05) is 6.04 Å². The number of nitrogens with zero attached hydrogens (tertiary/aromatic N) is 1. The quantitative estimate of drug-likeness (QED) is 0.878. The van der Waals surface area contributed by atoms with E-state index in [-0.39, 0.29) is 11.9 Å². The summed E-state index contributed by atoms with van der Waals surface area (Å²) < 4.78 is 6.02. The number of ether oxygens (including phenoxy) is 1. The summed E-state index contributed by atoms with van der Waals surface area (Å²) in [6.07, 6.45) is 1.92. The van der Waals surface area contributed by atoms with Crippen molar-refractivity contribution in [2.45, 2.75) is 18.9 Å². The minimum atomic E-state index is 0.0347. The van der Waals surface area contributed by atoms with Gasteiger partial charge in [0.05, 0.1) is 11.3 Å². The normalized spacial score (nSPS) is 18.2. The second-order valence-corrected chi connectivity index (χ2v) is 5.72. The first-order valence-corrected chi connectivity index (χ1v) is 7.75. The highest BCUT2D eigenvalue weighted by molar-refractivity contribution is 6.10. The number of benzene rings is 2. The van der Waals surface area contributed by atoms with Gasteiger partial charge in [-0.3, -0.25) is 4.79 Å². The van der Waals surface area contributed by atoms with E-state index < -0.39 is 0 Å². The molecule has 0 radical (unpaired) electrons. The summed E-state index contributed by atoms with van der Waals surface area (Å²) >= 11 is 0. The third kappa shape index (κ3) is 2.16. The van der Waals surface area contributed by atoms with Crippen molar-refractivity contribution in [3.05, 3.63) is 54.1 Å². The van der Waals surface area contributed by atoms with Gasteiger partial charge in [-0.05, 0) is 50.2 Å². The number of nitrogens with one attached hydrogen (secondary N) is 1. The van der Waals surface area contributed by atoms with Gasteiger partial charge >= 0.3 is 0 Å². The van der Waals surface area contributed by atoms with Crippen LogP contribution in [0, 0.1) is 0 Å². The minimum Gasteiger partial charge on any atom is -0.454 e. The van der Waals surface area contributed by atoms with E-state index in [1.54, 1.807) is 0 Å². The first-order chi connectivity index (χ1) is 10.8. The number of anilines is 1. The van der Waals surface area contributed by atoms with Gasteiger partial charge in [-0.1, -0.05) is 24.3 Å². The van der Waals surface area contributed by atoms with E-state index in [9.17, 15) is 4.79 Å². The van der Waals surface area contributed by atoms with Crippen molar-refractivity contribution in [2.75, 3.05) is 18.0 Å². The lowest BCUT2D eigenvalue weighted by molar-refractivity contribution is 0.0972. The fourth-order valence-corrected chi connectivity index (χ4v) is 3.26. The number of carbonyl (C=O) groups excluding carboxylic acids is 1. The second-order valence-electron chi connectivity index (χ2n) is 5.72. The molecule has 0 aromatic heterocycles. The van der Waals surface area contributed by atoms with Crippen LogP contribution in [0.15, 0.2) is 48.5 Å². The lowest BCUT2D eigenvalue weighted by atomic mass is 10.0. The van der Waals surface area contributed by atoms with Crippen LogP contribution in [0.2, 0.25) is 0 Å². The van der Waals surface area contributed by atoms with Crippen LogP contribution in [-0.2, 0) is 0 Å². The van der Waals surface area contributed by atoms with Crippen molar-refractivity contribution < 1.29 is 9.53 Å². The largest absolute Gasteiger partial charge is 0.454 e. The molecule has 4 rings (SSSR count). The van der Waals surface area contributed by atoms with E-state index >= 15 is 0 Å². The average Bonchev–Trinajstić information content (AvgIpc) is 2.70. The first-order valence-electron chi connectivity index (χ1n) is 7.75. The van der Waals surface area contributed by atoms with Gasteiger partial charge in [0.2, 0.25) is 0 Å². The third-order valence-corrected chi connectivity index (χ3v) is 4.35. The van der Waals surface area contributed by atoms with E-state index in [0.29, 0.717) is 11.3 Å². The number of amides is 1. The van der Waals surface area contributed by atoms with Crippen LogP contribution in [0.1, 0.15) is 23.2 Å². The SMILES string of the molecule is O=C1c2ccccc2Oc2ccccc2N1C1CCNCC1. The predicted molar refractivity (Wildman–Crippen MR) is 85.7 cm³/mol. The summed E-state index contributed by atoms with van der Waals surface area (Å²) in [6, 6.07) is 15.5. The van der Waals surface area contributed by atoms with E-state index in [2.05, 4.69) is 5.32 Å². The molecule has 112 valence electrons. The fraction of sp³-hybridized carbons (Fsp3) is 0.278. The number of hydrogen-bond donors (Lipinski definition) is 1. The smallest absolute Gasteiger partial charge is 0.262 e. The van der Waals surface area contributed by atoms with Gasteiger partial charge in [-0.2, -0.15) is 0 Å². The molecule has 2 heterocycles. The Kier molecular flexibility index (Phi) is 3.31. The number of carbonyl (C=O) groups is 1. The van der Waals surface area contributed by atoms with Crippen molar-refractivity contribution in [3.63, 3.8) is 0 Å². The minimum absolute atomic E-state index is 0.0347. The maximum absolute atomic E-state index is 13.1. The molecule has 0 spiro atoms. The Morgan fingerprint density at radius 1 is 0.955 bits per heavy atom.